The Kier molecular flexibility index (Phi) is 5.41. The number of rotatable bonds is 7. The molecule has 4 aromatic rings. The topological polar surface area (TPSA) is 64.1 Å². The molecule has 0 aliphatic rings. The van der Waals surface area contributed by atoms with Gasteiger partial charge in [-0.05, 0) is 30.0 Å². The maximum atomic E-state index is 12.2. The number of hydrogen-bond acceptors (Lipinski definition) is 6. The number of amides is 1. The number of thiazole rings is 1. The van der Waals surface area contributed by atoms with Crippen molar-refractivity contribution in [1.29, 1.82) is 0 Å². The lowest BCUT2D eigenvalue weighted by atomic mass is 10.2. The van der Waals surface area contributed by atoms with Crippen molar-refractivity contribution in [3.05, 3.63) is 65.1 Å². The number of para-hydroxylation sites is 1. The van der Waals surface area contributed by atoms with Crippen molar-refractivity contribution in [2.75, 3.05) is 13.2 Å². The Morgan fingerprint density at radius 3 is 2.93 bits per heavy atom. The average Bonchev–Trinajstić information content (AvgIpc) is 3.39. The van der Waals surface area contributed by atoms with Crippen molar-refractivity contribution in [3.8, 4) is 15.6 Å². The summed E-state index contributed by atoms with van der Waals surface area (Å²) in [6.07, 6.45) is 2.46. The van der Waals surface area contributed by atoms with Gasteiger partial charge in [0.05, 0.1) is 11.5 Å². The molecule has 0 saturated carbocycles. The fraction of sp³-hybridized carbons (Fsp3) is 0.150. The molecule has 3 heterocycles. The summed E-state index contributed by atoms with van der Waals surface area (Å²) in [7, 11) is 0. The van der Waals surface area contributed by atoms with Crippen molar-refractivity contribution in [1.82, 2.24) is 15.3 Å². The van der Waals surface area contributed by atoms with Crippen LogP contribution in [0.1, 0.15) is 16.9 Å². The molecule has 0 saturated heterocycles. The Hall–Kier alpha value is -2.77. The first-order valence-corrected chi connectivity index (χ1v) is 10.3. The van der Waals surface area contributed by atoms with Gasteiger partial charge in [-0.15, -0.1) is 22.7 Å². The predicted molar refractivity (Wildman–Crippen MR) is 110 cm³/mol. The summed E-state index contributed by atoms with van der Waals surface area (Å²) in [5.74, 6) is 0.611. The van der Waals surface area contributed by atoms with E-state index in [0.29, 0.717) is 25.3 Å². The van der Waals surface area contributed by atoms with E-state index in [4.69, 9.17) is 4.74 Å². The number of aromatic nitrogens is 2. The standard InChI is InChI=1S/C20H17N3O2S2/c24-19(15-13-27-20(23-15)17-8-3-12-26-17)22-10-4-11-25-16-7-1-5-14-6-2-9-21-18(14)16/h1-3,5-9,12-13H,4,10-11H2,(H,22,24). The van der Waals surface area contributed by atoms with E-state index >= 15 is 0 Å². The Bertz CT molecular complexity index is 1040. The molecule has 5 nitrogen and oxygen atoms in total. The number of carbonyl (C=O) groups is 1. The molecule has 1 amide bonds. The number of thiophene rings is 1. The molecule has 1 aromatic carbocycles. The van der Waals surface area contributed by atoms with Crippen molar-refractivity contribution in [2.45, 2.75) is 6.42 Å². The fourth-order valence-corrected chi connectivity index (χ4v) is 4.25. The Labute approximate surface area is 164 Å². The highest BCUT2D eigenvalue weighted by atomic mass is 32.1. The molecule has 0 aliphatic carbocycles. The van der Waals surface area contributed by atoms with E-state index in [9.17, 15) is 4.79 Å². The summed E-state index contributed by atoms with van der Waals surface area (Å²) in [6.45, 7) is 1.04. The number of nitrogens with zero attached hydrogens (tertiary/aromatic N) is 2. The summed E-state index contributed by atoms with van der Waals surface area (Å²) in [6, 6.07) is 13.8. The molecule has 0 spiro atoms. The number of benzene rings is 1. The lowest BCUT2D eigenvalue weighted by Gasteiger charge is -2.09. The van der Waals surface area contributed by atoms with E-state index in [-0.39, 0.29) is 5.91 Å². The fourth-order valence-electron chi connectivity index (χ4n) is 2.63. The monoisotopic (exact) mass is 395 g/mol. The van der Waals surface area contributed by atoms with Crippen LogP contribution in [0.5, 0.6) is 5.75 Å². The zero-order valence-electron chi connectivity index (χ0n) is 14.4. The van der Waals surface area contributed by atoms with Gasteiger partial charge in [0.15, 0.2) is 0 Å². The van der Waals surface area contributed by atoms with E-state index in [1.165, 1.54) is 11.3 Å². The zero-order valence-corrected chi connectivity index (χ0v) is 16.1. The van der Waals surface area contributed by atoms with Crippen LogP contribution in [0.15, 0.2) is 59.4 Å². The summed E-state index contributed by atoms with van der Waals surface area (Å²) >= 11 is 3.10. The van der Waals surface area contributed by atoms with E-state index in [1.807, 2.05) is 47.8 Å². The van der Waals surface area contributed by atoms with Crippen LogP contribution in [0.4, 0.5) is 0 Å². The van der Waals surface area contributed by atoms with Gasteiger partial charge < -0.3 is 10.1 Å². The van der Waals surface area contributed by atoms with Gasteiger partial charge in [-0.25, -0.2) is 4.98 Å². The van der Waals surface area contributed by atoms with Gasteiger partial charge in [-0.2, -0.15) is 0 Å². The van der Waals surface area contributed by atoms with Crippen LogP contribution in [-0.4, -0.2) is 29.0 Å². The number of hydrogen-bond donors (Lipinski definition) is 1. The Morgan fingerprint density at radius 2 is 2.04 bits per heavy atom. The van der Waals surface area contributed by atoms with Crippen LogP contribution >= 0.6 is 22.7 Å². The molecular formula is C20H17N3O2S2. The second-order valence-electron chi connectivity index (χ2n) is 5.80. The van der Waals surface area contributed by atoms with E-state index in [2.05, 4.69) is 15.3 Å². The SMILES string of the molecule is O=C(NCCCOc1cccc2cccnc12)c1csc(-c2cccs2)n1. The van der Waals surface area contributed by atoms with Crippen molar-refractivity contribution >= 4 is 39.5 Å². The number of pyridine rings is 1. The summed E-state index contributed by atoms with van der Waals surface area (Å²) < 4.78 is 5.83. The first-order valence-electron chi connectivity index (χ1n) is 8.55. The first kappa shape index (κ1) is 17.6. The van der Waals surface area contributed by atoms with Crippen LogP contribution < -0.4 is 10.1 Å². The minimum atomic E-state index is -0.152. The number of nitrogens with one attached hydrogen (secondary N) is 1. The molecule has 1 N–H and O–H groups in total. The molecule has 7 heteroatoms. The molecular weight excluding hydrogens is 378 g/mol. The molecule has 0 aliphatic heterocycles. The van der Waals surface area contributed by atoms with Gasteiger partial charge in [-0.3, -0.25) is 9.78 Å². The van der Waals surface area contributed by atoms with Crippen LogP contribution in [0.25, 0.3) is 20.8 Å². The maximum Gasteiger partial charge on any atom is 0.270 e. The Morgan fingerprint density at radius 1 is 1.11 bits per heavy atom. The van der Waals surface area contributed by atoms with E-state index < -0.39 is 0 Å². The molecule has 0 bridgehead atoms. The highest BCUT2D eigenvalue weighted by Crippen LogP contribution is 2.27. The van der Waals surface area contributed by atoms with Crippen LogP contribution in [-0.2, 0) is 0 Å². The van der Waals surface area contributed by atoms with Gasteiger partial charge >= 0.3 is 0 Å². The number of ether oxygens (including phenoxy) is 1. The molecule has 0 atom stereocenters. The third-order valence-electron chi connectivity index (χ3n) is 3.93. The molecule has 27 heavy (non-hydrogen) atoms. The van der Waals surface area contributed by atoms with Gasteiger partial charge in [0, 0.05) is 23.5 Å². The minimum absolute atomic E-state index is 0.152. The van der Waals surface area contributed by atoms with Crippen LogP contribution in [0.3, 0.4) is 0 Å². The summed E-state index contributed by atoms with van der Waals surface area (Å²) in [5.41, 5.74) is 1.31. The van der Waals surface area contributed by atoms with E-state index in [1.54, 1.807) is 22.9 Å². The van der Waals surface area contributed by atoms with E-state index in [0.717, 1.165) is 26.5 Å². The second kappa shape index (κ2) is 8.28. The predicted octanol–water partition coefficient (Wildman–Crippen LogP) is 4.62. The van der Waals surface area contributed by atoms with Crippen LogP contribution in [0, 0.1) is 0 Å². The normalized spacial score (nSPS) is 10.8. The zero-order chi connectivity index (χ0) is 18.5. The smallest absolute Gasteiger partial charge is 0.270 e. The third-order valence-corrected chi connectivity index (χ3v) is 5.81. The van der Waals surface area contributed by atoms with Crippen LogP contribution in [0.2, 0.25) is 0 Å². The van der Waals surface area contributed by atoms with Crippen molar-refractivity contribution in [3.63, 3.8) is 0 Å². The Balaban J connectivity index is 1.26. The lowest BCUT2D eigenvalue weighted by Crippen LogP contribution is -2.25. The minimum Gasteiger partial charge on any atom is -0.491 e. The highest BCUT2D eigenvalue weighted by molar-refractivity contribution is 7.20. The molecule has 0 radical (unpaired) electrons. The van der Waals surface area contributed by atoms with Gasteiger partial charge in [0.1, 0.15) is 22.0 Å². The molecule has 4 rings (SSSR count). The molecule has 136 valence electrons. The largest absolute Gasteiger partial charge is 0.491 e. The molecule has 0 unspecified atom stereocenters. The summed E-state index contributed by atoms with van der Waals surface area (Å²) in [5, 5.41) is 8.62. The van der Waals surface area contributed by atoms with Gasteiger partial charge in [0.25, 0.3) is 5.91 Å². The quantitative estimate of drug-likeness (QED) is 0.464. The lowest BCUT2D eigenvalue weighted by molar-refractivity contribution is 0.0947. The van der Waals surface area contributed by atoms with Gasteiger partial charge in [0.2, 0.25) is 0 Å². The second-order valence-corrected chi connectivity index (χ2v) is 7.61. The van der Waals surface area contributed by atoms with Crippen molar-refractivity contribution < 1.29 is 9.53 Å². The third kappa shape index (κ3) is 4.15. The highest BCUT2D eigenvalue weighted by Gasteiger charge is 2.12. The molecule has 3 aromatic heterocycles. The first-order chi connectivity index (χ1) is 13.3. The van der Waals surface area contributed by atoms with Crippen molar-refractivity contribution in [2.24, 2.45) is 0 Å². The maximum absolute atomic E-state index is 12.2. The molecule has 0 fully saturated rings. The number of carbonyl (C=O) groups excluding carboxylic acids is 1. The van der Waals surface area contributed by atoms with Gasteiger partial charge in [-0.1, -0.05) is 24.3 Å². The average molecular weight is 396 g/mol. The summed E-state index contributed by atoms with van der Waals surface area (Å²) in [4.78, 5) is 22.1. The number of fused-ring (bicyclic) bond motifs is 1.